The lowest BCUT2D eigenvalue weighted by Crippen LogP contribution is -2.56. The van der Waals surface area contributed by atoms with Gasteiger partial charge in [0, 0.05) is 37.5 Å². The third kappa shape index (κ3) is 2.68. The van der Waals surface area contributed by atoms with Crippen molar-refractivity contribution in [3.05, 3.63) is 29.3 Å². The average Bonchev–Trinajstić information content (AvgIpc) is 2.34. The summed E-state index contributed by atoms with van der Waals surface area (Å²) in [6.07, 6.45) is 0.824. The number of piperazine rings is 1. The number of aryl methyl sites for hydroxylation is 2. The Morgan fingerprint density at radius 2 is 2.06 bits per heavy atom. The van der Waals surface area contributed by atoms with Crippen LogP contribution in [0, 0.1) is 13.8 Å². The first-order chi connectivity index (χ1) is 8.63. The van der Waals surface area contributed by atoms with Crippen molar-refractivity contribution in [2.24, 2.45) is 0 Å². The molecule has 0 aliphatic carbocycles. The Balaban J connectivity index is 2.28. The fraction of sp³-hybridized carbons (Fsp3) is 0.600. The molecule has 2 rings (SSSR count). The first-order valence-corrected chi connectivity index (χ1v) is 6.80. The zero-order valence-electron chi connectivity index (χ0n) is 11.6. The van der Waals surface area contributed by atoms with Crippen LogP contribution in [0.15, 0.2) is 18.2 Å². The first kappa shape index (κ1) is 13.4. The second kappa shape index (κ2) is 5.72. The van der Waals surface area contributed by atoms with E-state index in [4.69, 9.17) is 0 Å². The van der Waals surface area contributed by atoms with Crippen LogP contribution in [-0.4, -0.2) is 36.9 Å². The maximum Gasteiger partial charge on any atom is 0.0451 e. The Labute approximate surface area is 110 Å². The van der Waals surface area contributed by atoms with E-state index in [2.05, 4.69) is 49.2 Å². The summed E-state index contributed by atoms with van der Waals surface area (Å²) in [5.74, 6) is 0. The van der Waals surface area contributed by atoms with E-state index >= 15 is 0 Å². The fourth-order valence-corrected chi connectivity index (χ4v) is 2.76. The van der Waals surface area contributed by atoms with E-state index in [0.717, 1.165) is 19.5 Å². The Bertz CT molecular complexity index is 403. The van der Waals surface area contributed by atoms with Crippen LogP contribution in [0.1, 0.15) is 24.5 Å². The highest BCUT2D eigenvalue weighted by atomic mass is 16.3. The number of aliphatic hydroxyl groups excluding tert-OH is 1. The summed E-state index contributed by atoms with van der Waals surface area (Å²) in [7, 11) is 0. The molecule has 1 aliphatic heterocycles. The molecule has 0 aromatic heterocycles. The Hall–Kier alpha value is -1.06. The molecule has 0 radical (unpaired) electrons. The largest absolute Gasteiger partial charge is 0.396 e. The molecular formula is C15H24N2O. The second-order valence-corrected chi connectivity index (χ2v) is 5.35. The molecule has 1 aliphatic rings. The minimum Gasteiger partial charge on any atom is -0.396 e. The summed E-state index contributed by atoms with van der Waals surface area (Å²) >= 11 is 0. The van der Waals surface area contributed by atoms with E-state index in [-0.39, 0.29) is 6.61 Å². The minimum atomic E-state index is 0.250. The summed E-state index contributed by atoms with van der Waals surface area (Å²) in [6.45, 7) is 8.76. The minimum absolute atomic E-state index is 0.250. The van der Waals surface area contributed by atoms with Gasteiger partial charge in [0.05, 0.1) is 0 Å². The van der Waals surface area contributed by atoms with E-state index in [9.17, 15) is 5.11 Å². The Morgan fingerprint density at radius 3 is 2.72 bits per heavy atom. The lowest BCUT2D eigenvalue weighted by atomic mass is 10.0. The third-order valence-corrected chi connectivity index (χ3v) is 3.94. The standard InChI is InChI=1S/C15H24N2O/c1-11-4-5-14(8-12(11)2)17-13(3)9-16-10-15(17)6-7-18/h4-5,8,13,15-16,18H,6-7,9-10H2,1-3H3. The highest BCUT2D eigenvalue weighted by molar-refractivity contribution is 5.52. The van der Waals surface area contributed by atoms with Crippen molar-refractivity contribution in [3.63, 3.8) is 0 Å². The van der Waals surface area contributed by atoms with Gasteiger partial charge in [0.2, 0.25) is 0 Å². The summed E-state index contributed by atoms with van der Waals surface area (Å²) in [6, 6.07) is 7.52. The lowest BCUT2D eigenvalue weighted by Gasteiger charge is -2.43. The van der Waals surface area contributed by atoms with E-state index in [1.807, 2.05) is 0 Å². The fourth-order valence-electron chi connectivity index (χ4n) is 2.76. The van der Waals surface area contributed by atoms with Crippen LogP contribution in [0.5, 0.6) is 0 Å². The van der Waals surface area contributed by atoms with Gasteiger partial charge in [-0.2, -0.15) is 0 Å². The number of rotatable bonds is 3. The number of aliphatic hydroxyl groups is 1. The van der Waals surface area contributed by atoms with Crippen molar-refractivity contribution in [3.8, 4) is 0 Å². The van der Waals surface area contributed by atoms with Crippen LogP contribution in [0.2, 0.25) is 0 Å². The molecule has 1 aromatic rings. The maximum absolute atomic E-state index is 9.21. The number of anilines is 1. The zero-order valence-corrected chi connectivity index (χ0v) is 11.6. The summed E-state index contributed by atoms with van der Waals surface area (Å²) < 4.78 is 0. The van der Waals surface area contributed by atoms with Crippen molar-refractivity contribution in [2.75, 3.05) is 24.6 Å². The predicted octanol–water partition coefficient (Wildman–Crippen LogP) is 1.85. The van der Waals surface area contributed by atoms with E-state index in [0.29, 0.717) is 12.1 Å². The molecule has 0 bridgehead atoms. The van der Waals surface area contributed by atoms with Gasteiger partial charge >= 0.3 is 0 Å². The van der Waals surface area contributed by atoms with Crippen molar-refractivity contribution >= 4 is 5.69 Å². The SMILES string of the molecule is Cc1ccc(N2C(C)CNCC2CCO)cc1C. The Kier molecular flexibility index (Phi) is 4.25. The van der Waals surface area contributed by atoms with Gasteiger partial charge in [-0.3, -0.25) is 0 Å². The van der Waals surface area contributed by atoms with Crippen LogP contribution in [0.3, 0.4) is 0 Å². The molecule has 100 valence electrons. The first-order valence-electron chi connectivity index (χ1n) is 6.80. The molecule has 2 N–H and O–H groups in total. The number of nitrogens with one attached hydrogen (secondary N) is 1. The lowest BCUT2D eigenvalue weighted by molar-refractivity contribution is 0.259. The van der Waals surface area contributed by atoms with Crippen LogP contribution < -0.4 is 10.2 Å². The number of hydrogen-bond donors (Lipinski definition) is 2. The summed E-state index contributed by atoms with van der Waals surface area (Å²) in [4.78, 5) is 2.46. The molecular weight excluding hydrogens is 224 g/mol. The van der Waals surface area contributed by atoms with E-state index < -0.39 is 0 Å². The van der Waals surface area contributed by atoms with Gasteiger partial charge in [-0.1, -0.05) is 6.07 Å². The molecule has 3 heteroatoms. The molecule has 0 spiro atoms. The van der Waals surface area contributed by atoms with Crippen molar-refractivity contribution in [1.29, 1.82) is 0 Å². The van der Waals surface area contributed by atoms with Crippen LogP contribution in [0.4, 0.5) is 5.69 Å². The summed E-state index contributed by atoms with van der Waals surface area (Å²) in [5.41, 5.74) is 3.95. The number of benzene rings is 1. The molecule has 1 aromatic carbocycles. The smallest absolute Gasteiger partial charge is 0.0451 e. The zero-order chi connectivity index (χ0) is 13.1. The quantitative estimate of drug-likeness (QED) is 0.857. The second-order valence-electron chi connectivity index (χ2n) is 5.35. The van der Waals surface area contributed by atoms with Gasteiger partial charge in [-0.15, -0.1) is 0 Å². The maximum atomic E-state index is 9.21. The van der Waals surface area contributed by atoms with Crippen LogP contribution >= 0.6 is 0 Å². The molecule has 2 unspecified atom stereocenters. The van der Waals surface area contributed by atoms with Crippen LogP contribution in [0.25, 0.3) is 0 Å². The molecule has 18 heavy (non-hydrogen) atoms. The number of nitrogens with zero attached hydrogens (tertiary/aromatic N) is 1. The molecule has 1 fully saturated rings. The van der Waals surface area contributed by atoms with E-state index in [1.54, 1.807) is 0 Å². The predicted molar refractivity (Wildman–Crippen MR) is 76.2 cm³/mol. The monoisotopic (exact) mass is 248 g/mol. The van der Waals surface area contributed by atoms with Gasteiger partial charge in [-0.25, -0.2) is 0 Å². The van der Waals surface area contributed by atoms with Gasteiger partial charge in [0.15, 0.2) is 0 Å². The van der Waals surface area contributed by atoms with E-state index in [1.165, 1.54) is 16.8 Å². The number of hydrogen-bond acceptors (Lipinski definition) is 3. The van der Waals surface area contributed by atoms with Gasteiger partial charge < -0.3 is 15.3 Å². The highest BCUT2D eigenvalue weighted by Gasteiger charge is 2.27. The molecule has 1 saturated heterocycles. The van der Waals surface area contributed by atoms with Gasteiger partial charge in [0.1, 0.15) is 0 Å². The summed E-state index contributed by atoms with van der Waals surface area (Å²) in [5, 5.41) is 12.7. The van der Waals surface area contributed by atoms with Crippen molar-refractivity contribution in [2.45, 2.75) is 39.3 Å². The highest BCUT2D eigenvalue weighted by Crippen LogP contribution is 2.25. The molecule has 2 atom stereocenters. The molecule has 1 heterocycles. The Morgan fingerprint density at radius 1 is 1.28 bits per heavy atom. The topological polar surface area (TPSA) is 35.5 Å². The molecule has 0 amide bonds. The van der Waals surface area contributed by atoms with Gasteiger partial charge in [0.25, 0.3) is 0 Å². The van der Waals surface area contributed by atoms with Crippen LogP contribution in [-0.2, 0) is 0 Å². The normalized spacial score (nSPS) is 24.3. The van der Waals surface area contributed by atoms with Crippen molar-refractivity contribution < 1.29 is 5.11 Å². The third-order valence-electron chi connectivity index (χ3n) is 3.94. The van der Waals surface area contributed by atoms with Crippen molar-refractivity contribution in [1.82, 2.24) is 5.32 Å². The van der Waals surface area contributed by atoms with Gasteiger partial charge in [-0.05, 0) is 50.5 Å². The average molecular weight is 248 g/mol. The molecule has 0 saturated carbocycles. The molecule has 3 nitrogen and oxygen atoms in total.